The van der Waals surface area contributed by atoms with Gasteiger partial charge in [-0.15, -0.1) is 11.3 Å². The summed E-state index contributed by atoms with van der Waals surface area (Å²) < 4.78 is 4.80. The van der Waals surface area contributed by atoms with E-state index < -0.39 is 0 Å². The number of thiophene rings is 1. The molecule has 1 N–H and O–H groups in total. The lowest BCUT2D eigenvalue weighted by atomic mass is 9.86. The number of piperazine rings is 1. The Morgan fingerprint density at radius 1 is 1.14 bits per heavy atom. The van der Waals surface area contributed by atoms with E-state index in [0.29, 0.717) is 26.2 Å². The van der Waals surface area contributed by atoms with Crippen molar-refractivity contribution in [3.05, 3.63) is 46.1 Å². The average Bonchev–Trinajstić information content (AvgIpc) is 3.52. The summed E-state index contributed by atoms with van der Waals surface area (Å²) in [4.78, 5) is 44.2. The molecule has 35 heavy (non-hydrogen) atoms. The monoisotopic (exact) mass is 490 g/mol. The quantitative estimate of drug-likeness (QED) is 0.604. The summed E-state index contributed by atoms with van der Waals surface area (Å²) in [5.74, 6) is 0.952. The van der Waals surface area contributed by atoms with E-state index in [9.17, 15) is 9.59 Å². The molecule has 1 aromatic carbocycles. The van der Waals surface area contributed by atoms with Gasteiger partial charge in [0.05, 0.1) is 19.0 Å². The number of ether oxygens (including phenoxy) is 1. The Hall–Kier alpha value is -3.53. The zero-order valence-electron chi connectivity index (χ0n) is 19.5. The Morgan fingerprint density at radius 3 is 2.80 bits per heavy atom. The first-order chi connectivity index (χ1) is 17.1. The van der Waals surface area contributed by atoms with E-state index in [1.165, 1.54) is 23.1 Å². The van der Waals surface area contributed by atoms with Gasteiger partial charge >= 0.3 is 6.09 Å². The highest BCUT2D eigenvalue weighted by molar-refractivity contribution is 7.19. The number of nitrogens with one attached hydrogen (secondary N) is 1. The van der Waals surface area contributed by atoms with Crippen molar-refractivity contribution in [3.63, 3.8) is 0 Å². The molecule has 3 aliphatic rings. The number of aliphatic imine (C=N–C) groups is 1. The van der Waals surface area contributed by atoms with Crippen molar-refractivity contribution in [2.75, 3.05) is 38.6 Å². The minimum absolute atomic E-state index is 0.0411. The maximum atomic E-state index is 13.3. The summed E-state index contributed by atoms with van der Waals surface area (Å²) in [6.45, 7) is 2.87. The van der Waals surface area contributed by atoms with E-state index in [0.717, 1.165) is 53.1 Å². The number of carbonyl (C=O) groups excluding carboxylic acids is 2. The van der Waals surface area contributed by atoms with Crippen LogP contribution in [0.25, 0.3) is 10.2 Å². The molecule has 2 aromatic heterocycles. The molecule has 0 radical (unpaired) electrons. The first-order valence-electron chi connectivity index (χ1n) is 11.9. The lowest BCUT2D eigenvalue weighted by molar-refractivity contribution is -0.137. The highest BCUT2D eigenvalue weighted by atomic mass is 32.1. The third-order valence-corrected chi connectivity index (χ3v) is 8.28. The third kappa shape index (κ3) is 4.01. The number of carbonyl (C=O) groups is 2. The fraction of sp³-hybridized carbons (Fsp3) is 0.400. The highest BCUT2D eigenvalue weighted by Gasteiger charge is 2.33. The first-order valence-corrected chi connectivity index (χ1v) is 12.7. The van der Waals surface area contributed by atoms with E-state index in [2.05, 4.69) is 38.5 Å². The third-order valence-electron chi connectivity index (χ3n) is 7.12. The molecule has 1 fully saturated rings. The van der Waals surface area contributed by atoms with E-state index in [4.69, 9.17) is 4.74 Å². The molecule has 4 heterocycles. The van der Waals surface area contributed by atoms with Crippen molar-refractivity contribution in [1.29, 1.82) is 0 Å². The van der Waals surface area contributed by atoms with Gasteiger partial charge in [0.25, 0.3) is 0 Å². The van der Waals surface area contributed by atoms with E-state index >= 15 is 0 Å². The molecule has 0 saturated carbocycles. The van der Waals surface area contributed by atoms with E-state index in [1.807, 2.05) is 11.1 Å². The van der Waals surface area contributed by atoms with Crippen LogP contribution in [0.15, 0.2) is 29.5 Å². The second-order valence-corrected chi connectivity index (χ2v) is 10.2. The lowest BCUT2D eigenvalue weighted by Crippen LogP contribution is -2.52. The van der Waals surface area contributed by atoms with Crippen LogP contribution in [0.3, 0.4) is 0 Å². The van der Waals surface area contributed by atoms with Gasteiger partial charge in [0, 0.05) is 48.9 Å². The Bertz CT molecular complexity index is 1340. The second-order valence-electron chi connectivity index (χ2n) is 9.14. The summed E-state index contributed by atoms with van der Waals surface area (Å²) >= 11 is 1.67. The minimum atomic E-state index is -0.330. The van der Waals surface area contributed by atoms with Crippen LogP contribution in [0.4, 0.5) is 16.3 Å². The van der Waals surface area contributed by atoms with Crippen LogP contribution in [-0.2, 0) is 28.9 Å². The molecule has 1 atom stereocenters. The Morgan fingerprint density at radius 2 is 1.97 bits per heavy atom. The Balaban J connectivity index is 1.20. The SMILES string of the molecule is COC(=O)N1CCN(C(=O)C2CCc3c(sc4ncnc(Nc5ccc6c(c5)C=NC6)c34)C2)CC1. The van der Waals surface area contributed by atoms with Crippen molar-refractivity contribution in [2.24, 2.45) is 10.9 Å². The molecule has 2 amide bonds. The smallest absolute Gasteiger partial charge is 0.409 e. The van der Waals surface area contributed by atoms with E-state index in [-0.39, 0.29) is 17.9 Å². The number of rotatable bonds is 3. The summed E-state index contributed by atoms with van der Waals surface area (Å²) in [7, 11) is 1.39. The predicted octanol–water partition coefficient (Wildman–Crippen LogP) is 3.38. The van der Waals surface area contributed by atoms with Crippen LogP contribution in [0, 0.1) is 5.92 Å². The first kappa shape index (κ1) is 22.0. The molecule has 1 saturated heterocycles. The number of methoxy groups -OCH3 is 1. The fourth-order valence-corrected chi connectivity index (χ4v) is 6.50. The van der Waals surface area contributed by atoms with Crippen LogP contribution < -0.4 is 5.32 Å². The number of hydrogen-bond acceptors (Lipinski definition) is 8. The van der Waals surface area contributed by atoms with Gasteiger partial charge in [0.2, 0.25) is 5.91 Å². The average molecular weight is 491 g/mol. The molecule has 180 valence electrons. The molecular weight excluding hydrogens is 464 g/mol. The number of anilines is 2. The number of hydrogen-bond donors (Lipinski definition) is 1. The van der Waals surface area contributed by atoms with Gasteiger partial charge in [-0.25, -0.2) is 14.8 Å². The van der Waals surface area contributed by atoms with Gasteiger partial charge in [0.15, 0.2) is 0 Å². The minimum Gasteiger partial charge on any atom is -0.453 e. The second kappa shape index (κ2) is 8.92. The maximum Gasteiger partial charge on any atom is 0.409 e. The largest absolute Gasteiger partial charge is 0.453 e. The molecule has 10 heteroatoms. The zero-order valence-corrected chi connectivity index (χ0v) is 20.3. The molecule has 1 unspecified atom stereocenters. The summed E-state index contributed by atoms with van der Waals surface area (Å²) in [6, 6.07) is 6.27. The zero-order chi connectivity index (χ0) is 23.9. The van der Waals surface area contributed by atoms with Gasteiger partial charge in [-0.2, -0.15) is 0 Å². The van der Waals surface area contributed by atoms with Gasteiger partial charge in [-0.3, -0.25) is 9.79 Å². The van der Waals surface area contributed by atoms with E-state index in [1.54, 1.807) is 22.6 Å². The number of aryl methyl sites for hydroxylation is 1. The maximum absolute atomic E-state index is 13.3. The molecule has 1 aliphatic carbocycles. The van der Waals surface area contributed by atoms with Gasteiger partial charge in [0.1, 0.15) is 17.0 Å². The van der Waals surface area contributed by atoms with Crippen LogP contribution in [0.2, 0.25) is 0 Å². The van der Waals surface area contributed by atoms with Gasteiger partial charge in [-0.1, -0.05) is 6.07 Å². The highest BCUT2D eigenvalue weighted by Crippen LogP contribution is 2.41. The topological polar surface area (TPSA) is 100 Å². The van der Waals surface area contributed by atoms with Crippen LogP contribution in [0.5, 0.6) is 0 Å². The molecule has 6 rings (SSSR count). The van der Waals surface area contributed by atoms with Gasteiger partial charge in [-0.05, 0) is 48.1 Å². The van der Waals surface area contributed by atoms with Crippen LogP contribution in [0.1, 0.15) is 28.0 Å². The summed E-state index contributed by atoms with van der Waals surface area (Å²) in [5.41, 5.74) is 4.61. The molecule has 0 spiro atoms. The van der Waals surface area contributed by atoms with Crippen molar-refractivity contribution in [1.82, 2.24) is 19.8 Å². The molecule has 2 aliphatic heterocycles. The number of nitrogens with zero attached hydrogens (tertiary/aromatic N) is 5. The van der Waals surface area contributed by atoms with Crippen molar-refractivity contribution in [3.8, 4) is 0 Å². The Labute approximate surface area is 206 Å². The molecule has 9 nitrogen and oxygen atoms in total. The molecular formula is C25H26N6O3S. The molecule has 3 aromatic rings. The fourth-order valence-electron chi connectivity index (χ4n) is 5.23. The summed E-state index contributed by atoms with van der Waals surface area (Å²) in [6.07, 6.45) is 5.54. The predicted molar refractivity (Wildman–Crippen MR) is 135 cm³/mol. The number of benzene rings is 1. The standard InChI is InChI=1S/C25H26N6O3S/c1-34-25(33)31-8-6-30(7-9-31)24(32)15-3-5-19-20(11-15)35-23-21(19)22(27-14-28-23)29-18-4-2-16-12-26-13-17(16)10-18/h2,4,10,13-15H,3,5-9,11-12H2,1H3,(H,27,28,29). The number of fused-ring (bicyclic) bond motifs is 4. The summed E-state index contributed by atoms with van der Waals surface area (Å²) in [5, 5.41) is 4.56. The normalized spacial score (nSPS) is 18.9. The van der Waals surface area contributed by atoms with Crippen molar-refractivity contribution in [2.45, 2.75) is 25.8 Å². The van der Waals surface area contributed by atoms with Crippen molar-refractivity contribution < 1.29 is 14.3 Å². The van der Waals surface area contributed by atoms with Gasteiger partial charge < -0.3 is 19.9 Å². The molecule has 0 bridgehead atoms. The number of amides is 2. The van der Waals surface area contributed by atoms with Crippen LogP contribution in [-0.4, -0.2) is 71.3 Å². The van der Waals surface area contributed by atoms with Crippen LogP contribution >= 0.6 is 11.3 Å². The number of aromatic nitrogens is 2. The Kier molecular flexibility index (Phi) is 5.60. The van der Waals surface area contributed by atoms with Crippen molar-refractivity contribution >= 4 is 51.3 Å². The lowest BCUT2D eigenvalue weighted by Gasteiger charge is -2.36.